The number of hydrogen-bond acceptors (Lipinski definition) is 3. The Morgan fingerprint density at radius 3 is 2.58 bits per heavy atom. The molecule has 0 bridgehead atoms. The molecule has 0 aliphatic carbocycles. The average Bonchev–Trinajstić information content (AvgIpc) is 2.98. The van der Waals surface area contributed by atoms with Crippen molar-refractivity contribution in [2.24, 2.45) is 4.99 Å². The smallest absolute Gasteiger partial charge is 0.193 e. The van der Waals surface area contributed by atoms with Crippen molar-refractivity contribution in [1.82, 2.24) is 15.4 Å². The monoisotopic (exact) mass is 378 g/mol. The van der Waals surface area contributed by atoms with Gasteiger partial charge >= 0.3 is 0 Å². The van der Waals surface area contributed by atoms with Gasteiger partial charge in [0.05, 0.1) is 5.69 Å². The molecule has 0 atom stereocenters. The molecule has 0 spiro atoms. The Hall–Kier alpha value is -0.790. The van der Waals surface area contributed by atoms with Gasteiger partial charge < -0.3 is 14.7 Å². The van der Waals surface area contributed by atoms with Crippen molar-refractivity contribution in [2.75, 3.05) is 26.7 Å². The van der Waals surface area contributed by atoms with Gasteiger partial charge in [-0.05, 0) is 33.1 Å². The standard InChI is InChI=1S/C13H22N4O.HI/c1-10-12(11(2)18-16-10)6-7-15-13(14-3)17-8-4-5-9-17;/h4-9H2,1-3H3,(H,14,15);1H. The molecule has 5 nitrogen and oxygen atoms in total. The molecule has 0 radical (unpaired) electrons. The van der Waals surface area contributed by atoms with Crippen LogP contribution in [0.2, 0.25) is 0 Å². The highest BCUT2D eigenvalue weighted by Gasteiger charge is 2.15. The van der Waals surface area contributed by atoms with E-state index in [4.69, 9.17) is 4.52 Å². The summed E-state index contributed by atoms with van der Waals surface area (Å²) in [5.41, 5.74) is 2.20. The molecule has 2 heterocycles. The van der Waals surface area contributed by atoms with Gasteiger partial charge in [0.15, 0.2) is 5.96 Å². The zero-order chi connectivity index (χ0) is 13.0. The van der Waals surface area contributed by atoms with Crippen LogP contribution in [0.25, 0.3) is 0 Å². The van der Waals surface area contributed by atoms with Crippen molar-refractivity contribution in [3.8, 4) is 0 Å². The molecule has 1 aromatic rings. The molecule has 0 aromatic carbocycles. The summed E-state index contributed by atoms with van der Waals surface area (Å²) in [4.78, 5) is 6.64. The van der Waals surface area contributed by atoms with Crippen LogP contribution in [0.3, 0.4) is 0 Å². The van der Waals surface area contributed by atoms with E-state index in [2.05, 4.69) is 20.4 Å². The van der Waals surface area contributed by atoms with E-state index in [9.17, 15) is 0 Å². The van der Waals surface area contributed by atoms with Gasteiger partial charge in [0, 0.05) is 32.2 Å². The lowest BCUT2D eigenvalue weighted by atomic mass is 10.1. The molecular weight excluding hydrogens is 355 g/mol. The summed E-state index contributed by atoms with van der Waals surface area (Å²) in [6.45, 7) is 7.05. The number of hydrogen-bond donors (Lipinski definition) is 1. The Morgan fingerprint density at radius 1 is 1.37 bits per heavy atom. The van der Waals surface area contributed by atoms with Crippen LogP contribution in [-0.4, -0.2) is 42.7 Å². The van der Waals surface area contributed by atoms with Crippen molar-refractivity contribution >= 4 is 29.9 Å². The first-order valence-electron chi connectivity index (χ1n) is 6.59. The van der Waals surface area contributed by atoms with E-state index in [1.165, 1.54) is 18.4 Å². The lowest BCUT2D eigenvalue weighted by Crippen LogP contribution is -2.40. The van der Waals surface area contributed by atoms with Gasteiger partial charge in [-0.15, -0.1) is 24.0 Å². The summed E-state index contributed by atoms with van der Waals surface area (Å²) in [5.74, 6) is 1.93. The van der Waals surface area contributed by atoms with Crippen LogP contribution in [0.1, 0.15) is 29.9 Å². The van der Waals surface area contributed by atoms with E-state index in [-0.39, 0.29) is 24.0 Å². The number of aryl methyl sites for hydroxylation is 2. The third-order valence-corrected chi connectivity index (χ3v) is 3.46. The number of nitrogens with zero attached hydrogens (tertiary/aromatic N) is 3. The zero-order valence-corrected chi connectivity index (χ0v) is 14.2. The van der Waals surface area contributed by atoms with E-state index in [1.54, 1.807) is 0 Å². The molecule has 1 N–H and O–H groups in total. The first kappa shape index (κ1) is 16.3. The third kappa shape index (κ3) is 4.09. The second-order valence-corrected chi connectivity index (χ2v) is 4.72. The maximum atomic E-state index is 5.16. The number of aliphatic imine (C=N–C) groups is 1. The molecule has 6 heteroatoms. The Morgan fingerprint density at radius 2 is 2.05 bits per heavy atom. The maximum absolute atomic E-state index is 5.16. The van der Waals surface area contributed by atoms with Crippen LogP contribution in [0, 0.1) is 13.8 Å². The Kier molecular flexibility index (Phi) is 6.60. The number of guanidine groups is 1. The molecule has 0 unspecified atom stereocenters. The van der Waals surface area contributed by atoms with E-state index in [0.717, 1.165) is 43.5 Å². The highest BCUT2D eigenvalue weighted by molar-refractivity contribution is 14.0. The summed E-state index contributed by atoms with van der Waals surface area (Å²) >= 11 is 0. The van der Waals surface area contributed by atoms with Crippen molar-refractivity contribution in [3.63, 3.8) is 0 Å². The summed E-state index contributed by atoms with van der Waals surface area (Å²) in [5, 5.41) is 7.38. The summed E-state index contributed by atoms with van der Waals surface area (Å²) < 4.78 is 5.16. The Labute approximate surface area is 131 Å². The van der Waals surface area contributed by atoms with Gasteiger partial charge in [0.1, 0.15) is 5.76 Å². The maximum Gasteiger partial charge on any atom is 0.193 e. The number of rotatable bonds is 3. The number of likely N-dealkylation sites (tertiary alicyclic amines) is 1. The largest absolute Gasteiger partial charge is 0.361 e. The minimum absolute atomic E-state index is 0. The molecule has 1 aliphatic rings. The van der Waals surface area contributed by atoms with Crippen LogP contribution in [0.15, 0.2) is 9.52 Å². The van der Waals surface area contributed by atoms with Crippen molar-refractivity contribution < 1.29 is 4.52 Å². The highest BCUT2D eigenvalue weighted by atomic mass is 127. The van der Waals surface area contributed by atoms with Gasteiger partial charge in [-0.1, -0.05) is 5.16 Å². The Bertz CT molecular complexity index is 405. The molecule has 108 valence electrons. The van der Waals surface area contributed by atoms with Gasteiger partial charge in [-0.2, -0.15) is 0 Å². The molecule has 1 saturated heterocycles. The van der Waals surface area contributed by atoms with Crippen LogP contribution in [0.4, 0.5) is 0 Å². The van der Waals surface area contributed by atoms with E-state index in [0.29, 0.717) is 0 Å². The predicted molar refractivity (Wildman–Crippen MR) is 87.3 cm³/mol. The van der Waals surface area contributed by atoms with Crippen molar-refractivity contribution in [1.29, 1.82) is 0 Å². The van der Waals surface area contributed by atoms with E-state index in [1.807, 2.05) is 20.9 Å². The summed E-state index contributed by atoms with van der Waals surface area (Å²) in [6.07, 6.45) is 3.46. The third-order valence-electron chi connectivity index (χ3n) is 3.46. The van der Waals surface area contributed by atoms with Crippen molar-refractivity contribution in [2.45, 2.75) is 33.1 Å². The first-order valence-corrected chi connectivity index (χ1v) is 6.59. The lowest BCUT2D eigenvalue weighted by Gasteiger charge is -2.20. The van der Waals surface area contributed by atoms with Gasteiger partial charge in [0.2, 0.25) is 0 Å². The number of halogens is 1. The predicted octanol–water partition coefficient (Wildman–Crippen LogP) is 2.12. The molecule has 1 fully saturated rings. The minimum atomic E-state index is 0. The second-order valence-electron chi connectivity index (χ2n) is 4.72. The van der Waals surface area contributed by atoms with Crippen LogP contribution in [-0.2, 0) is 6.42 Å². The molecule has 0 saturated carbocycles. The van der Waals surface area contributed by atoms with Crippen LogP contribution in [0.5, 0.6) is 0 Å². The first-order chi connectivity index (χ1) is 8.72. The van der Waals surface area contributed by atoms with Gasteiger partial charge in [-0.3, -0.25) is 4.99 Å². The topological polar surface area (TPSA) is 53.7 Å². The summed E-state index contributed by atoms with van der Waals surface area (Å²) in [7, 11) is 1.84. The van der Waals surface area contributed by atoms with E-state index >= 15 is 0 Å². The molecule has 1 aliphatic heterocycles. The SMILES string of the molecule is CN=C(NCCc1c(C)noc1C)N1CCCC1.I. The molecule has 2 rings (SSSR count). The second kappa shape index (κ2) is 7.72. The summed E-state index contributed by atoms with van der Waals surface area (Å²) in [6, 6.07) is 0. The zero-order valence-electron chi connectivity index (χ0n) is 11.9. The molecular formula is C13H23IN4O. The van der Waals surface area contributed by atoms with Gasteiger partial charge in [-0.25, -0.2) is 0 Å². The fraction of sp³-hybridized carbons (Fsp3) is 0.692. The Balaban J connectivity index is 0.00000180. The fourth-order valence-electron chi connectivity index (χ4n) is 2.42. The average molecular weight is 378 g/mol. The number of aromatic nitrogens is 1. The van der Waals surface area contributed by atoms with Gasteiger partial charge in [0.25, 0.3) is 0 Å². The molecule has 1 aromatic heterocycles. The van der Waals surface area contributed by atoms with E-state index < -0.39 is 0 Å². The molecule has 19 heavy (non-hydrogen) atoms. The van der Waals surface area contributed by atoms with Crippen molar-refractivity contribution in [3.05, 3.63) is 17.0 Å². The van der Waals surface area contributed by atoms with Crippen LogP contribution < -0.4 is 5.32 Å². The lowest BCUT2D eigenvalue weighted by molar-refractivity contribution is 0.392. The van der Waals surface area contributed by atoms with Crippen LogP contribution >= 0.6 is 24.0 Å². The quantitative estimate of drug-likeness (QED) is 0.498. The number of nitrogens with one attached hydrogen (secondary N) is 1. The molecule has 0 amide bonds. The minimum Gasteiger partial charge on any atom is -0.361 e. The fourth-order valence-corrected chi connectivity index (χ4v) is 2.42. The highest BCUT2D eigenvalue weighted by Crippen LogP contribution is 2.12. The normalized spacial score (nSPS) is 15.5.